The van der Waals surface area contributed by atoms with E-state index in [1.54, 1.807) is 7.11 Å². The molecule has 1 aromatic heterocycles. The quantitative estimate of drug-likeness (QED) is 0.880. The van der Waals surface area contributed by atoms with Crippen LogP contribution in [0.3, 0.4) is 0 Å². The van der Waals surface area contributed by atoms with Gasteiger partial charge in [-0.05, 0) is 38.1 Å². The van der Waals surface area contributed by atoms with E-state index in [0.717, 1.165) is 24.4 Å². The minimum Gasteiger partial charge on any atom is -0.497 e. The summed E-state index contributed by atoms with van der Waals surface area (Å²) in [6.45, 7) is 2.19. The van der Waals surface area contributed by atoms with Crippen molar-refractivity contribution in [1.29, 1.82) is 0 Å². The maximum absolute atomic E-state index is 5.26. The molecule has 0 bridgehead atoms. The third-order valence-corrected chi connectivity index (χ3v) is 3.83. The number of imidazole rings is 1. The molecule has 1 aromatic carbocycles. The van der Waals surface area contributed by atoms with Gasteiger partial charge in [-0.25, -0.2) is 4.98 Å². The molecule has 3 rings (SSSR count). The minimum atomic E-state index is 0.578. The van der Waals surface area contributed by atoms with Crippen LogP contribution in [0.4, 0.5) is 0 Å². The molecular formula is C14H19N3O. The number of piperidine rings is 1. The second-order valence-electron chi connectivity index (χ2n) is 4.91. The van der Waals surface area contributed by atoms with Crippen LogP contribution in [-0.2, 0) is 7.05 Å². The summed E-state index contributed by atoms with van der Waals surface area (Å²) in [5.41, 5.74) is 2.22. The second-order valence-corrected chi connectivity index (χ2v) is 4.91. The summed E-state index contributed by atoms with van der Waals surface area (Å²) >= 11 is 0. The van der Waals surface area contributed by atoms with E-state index >= 15 is 0 Å². The standard InChI is InChI=1S/C14H19N3O/c1-17-13-4-3-11(18-2)9-12(13)16-14(17)10-5-7-15-8-6-10/h3-4,9-10,15H,5-8H2,1-2H3. The summed E-state index contributed by atoms with van der Waals surface area (Å²) in [4.78, 5) is 4.80. The zero-order chi connectivity index (χ0) is 12.5. The molecule has 0 spiro atoms. The van der Waals surface area contributed by atoms with Crippen molar-refractivity contribution < 1.29 is 4.74 Å². The van der Waals surface area contributed by atoms with Gasteiger partial charge in [0.1, 0.15) is 11.6 Å². The molecule has 1 saturated heterocycles. The number of nitrogens with one attached hydrogen (secondary N) is 1. The Bertz CT molecular complexity index is 555. The average molecular weight is 245 g/mol. The Morgan fingerprint density at radius 2 is 2.11 bits per heavy atom. The van der Waals surface area contributed by atoms with E-state index in [1.165, 1.54) is 24.2 Å². The first-order chi connectivity index (χ1) is 8.79. The van der Waals surface area contributed by atoms with Crippen molar-refractivity contribution in [3.05, 3.63) is 24.0 Å². The minimum absolute atomic E-state index is 0.578. The van der Waals surface area contributed by atoms with E-state index in [2.05, 4.69) is 23.0 Å². The predicted molar refractivity (Wildman–Crippen MR) is 72.1 cm³/mol. The van der Waals surface area contributed by atoms with Gasteiger partial charge in [-0.3, -0.25) is 0 Å². The van der Waals surface area contributed by atoms with Gasteiger partial charge in [0.05, 0.1) is 18.1 Å². The summed E-state index contributed by atoms with van der Waals surface area (Å²) < 4.78 is 7.48. The number of benzene rings is 1. The third-order valence-electron chi connectivity index (χ3n) is 3.83. The Balaban J connectivity index is 2.04. The molecule has 4 heteroatoms. The van der Waals surface area contributed by atoms with Gasteiger partial charge in [0.25, 0.3) is 0 Å². The molecule has 0 unspecified atom stereocenters. The van der Waals surface area contributed by atoms with Gasteiger partial charge in [0, 0.05) is 19.0 Å². The normalized spacial score (nSPS) is 17.2. The highest BCUT2D eigenvalue weighted by Gasteiger charge is 2.20. The summed E-state index contributed by atoms with van der Waals surface area (Å²) in [6.07, 6.45) is 2.35. The molecule has 0 radical (unpaired) electrons. The van der Waals surface area contributed by atoms with E-state index in [4.69, 9.17) is 9.72 Å². The zero-order valence-electron chi connectivity index (χ0n) is 10.9. The van der Waals surface area contributed by atoms with Crippen molar-refractivity contribution in [3.8, 4) is 5.75 Å². The fourth-order valence-electron chi connectivity index (χ4n) is 2.77. The van der Waals surface area contributed by atoms with Crippen LogP contribution in [0.5, 0.6) is 5.75 Å². The van der Waals surface area contributed by atoms with E-state index < -0.39 is 0 Å². The lowest BCUT2D eigenvalue weighted by Gasteiger charge is -2.22. The third kappa shape index (κ3) is 1.86. The SMILES string of the molecule is COc1ccc2c(c1)nc(C1CCNCC1)n2C. The van der Waals surface area contributed by atoms with Gasteiger partial charge >= 0.3 is 0 Å². The van der Waals surface area contributed by atoms with Crippen LogP contribution >= 0.6 is 0 Å². The second kappa shape index (κ2) is 4.61. The predicted octanol–water partition coefficient (Wildman–Crippen LogP) is 2.05. The van der Waals surface area contributed by atoms with Crippen LogP contribution in [-0.4, -0.2) is 29.8 Å². The average Bonchev–Trinajstić information content (AvgIpc) is 2.76. The first-order valence-corrected chi connectivity index (χ1v) is 6.50. The van der Waals surface area contributed by atoms with Crippen LogP contribution in [0, 0.1) is 0 Å². The number of nitrogens with zero attached hydrogens (tertiary/aromatic N) is 2. The summed E-state index contributed by atoms with van der Waals surface area (Å²) in [7, 11) is 3.80. The molecule has 1 fully saturated rings. The summed E-state index contributed by atoms with van der Waals surface area (Å²) in [5, 5.41) is 3.40. The molecular weight excluding hydrogens is 226 g/mol. The van der Waals surface area contributed by atoms with Gasteiger partial charge in [-0.1, -0.05) is 0 Å². The molecule has 18 heavy (non-hydrogen) atoms. The molecule has 0 aliphatic carbocycles. The highest BCUT2D eigenvalue weighted by Crippen LogP contribution is 2.28. The first-order valence-electron chi connectivity index (χ1n) is 6.50. The van der Waals surface area contributed by atoms with Crippen molar-refractivity contribution >= 4 is 11.0 Å². The van der Waals surface area contributed by atoms with E-state index in [1.807, 2.05) is 12.1 Å². The van der Waals surface area contributed by atoms with E-state index in [9.17, 15) is 0 Å². The number of hydrogen-bond acceptors (Lipinski definition) is 3. The maximum atomic E-state index is 5.26. The molecule has 4 nitrogen and oxygen atoms in total. The molecule has 96 valence electrons. The summed E-state index contributed by atoms with van der Waals surface area (Å²) in [5.74, 6) is 2.66. The Hall–Kier alpha value is -1.55. The molecule has 1 aliphatic heterocycles. The van der Waals surface area contributed by atoms with Crippen molar-refractivity contribution in [2.24, 2.45) is 7.05 Å². The lowest BCUT2D eigenvalue weighted by molar-refractivity contribution is 0.415. The number of aromatic nitrogens is 2. The number of rotatable bonds is 2. The van der Waals surface area contributed by atoms with Crippen molar-refractivity contribution in [1.82, 2.24) is 14.9 Å². The van der Waals surface area contributed by atoms with Crippen molar-refractivity contribution in [2.45, 2.75) is 18.8 Å². The van der Waals surface area contributed by atoms with Crippen LogP contribution in [0.1, 0.15) is 24.6 Å². The Kier molecular flexibility index (Phi) is 2.96. The smallest absolute Gasteiger partial charge is 0.121 e. The molecule has 1 aliphatic rings. The maximum Gasteiger partial charge on any atom is 0.121 e. The Morgan fingerprint density at radius 3 is 2.83 bits per heavy atom. The fraction of sp³-hybridized carbons (Fsp3) is 0.500. The first kappa shape index (κ1) is 11.5. The lowest BCUT2D eigenvalue weighted by atomic mass is 9.97. The topological polar surface area (TPSA) is 39.1 Å². The van der Waals surface area contributed by atoms with Gasteiger partial charge < -0.3 is 14.6 Å². The molecule has 0 saturated carbocycles. The van der Waals surface area contributed by atoms with Crippen LogP contribution in [0.2, 0.25) is 0 Å². The number of methoxy groups -OCH3 is 1. The number of fused-ring (bicyclic) bond motifs is 1. The lowest BCUT2D eigenvalue weighted by Crippen LogP contribution is -2.27. The monoisotopic (exact) mass is 245 g/mol. The molecule has 0 atom stereocenters. The van der Waals surface area contributed by atoms with Gasteiger partial charge in [-0.2, -0.15) is 0 Å². The molecule has 2 aromatic rings. The van der Waals surface area contributed by atoms with Gasteiger partial charge in [-0.15, -0.1) is 0 Å². The van der Waals surface area contributed by atoms with Gasteiger partial charge in [0.15, 0.2) is 0 Å². The highest BCUT2D eigenvalue weighted by atomic mass is 16.5. The van der Waals surface area contributed by atoms with Crippen molar-refractivity contribution in [3.63, 3.8) is 0 Å². The largest absolute Gasteiger partial charge is 0.497 e. The zero-order valence-corrected chi connectivity index (χ0v) is 10.9. The number of aryl methyl sites for hydroxylation is 1. The van der Waals surface area contributed by atoms with Crippen LogP contribution in [0.25, 0.3) is 11.0 Å². The Labute approximate surface area is 107 Å². The van der Waals surface area contributed by atoms with E-state index in [-0.39, 0.29) is 0 Å². The molecule has 1 N–H and O–H groups in total. The van der Waals surface area contributed by atoms with Crippen molar-refractivity contribution in [2.75, 3.05) is 20.2 Å². The highest BCUT2D eigenvalue weighted by molar-refractivity contribution is 5.77. The van der Waals surface area contributed by atoms with Crippen LogP contribution in [0.15, 0.2) is 18.2 Å². The van der Waals surface area contributed by atoms with Gasteiger partial charge in [0.2, 0.25) is 0 Å². The Morgan fingerprint density at radius 1 is 1.33 bits per heavy atom. The summed E-state index contributed by atoms with van der Waals surface area (Å²) in [6, 6.07) is 6.10. The van der Waals surface area contributed by atoms with Crippen LogP contribution < -0.4 is 10.1 Å². The molecule has 0 amide bonds. The number of hydrogen-bond donors (Lipinski definition) is 1. The number of ether oxygens (including phenoxy) is 1. The van der Waals surface area contributed by atoms with E-state index in [0.29, 0.717) is 5.92 Å². The fourth-order valence-corrected chi connectivity index (χ4v) is 2.77. The molecule has 2 heterocycles.